The van der Waals surface area contributed by atoms with Crippen molar-refractivity contribution in [3.63, 3.8) is 0 Å². The van der Waals surface area contributed by atoms with Crippen LogP contribution in [0.4, 0.5) is 0 Å². The van der Waals surface area contributed by atoms with Gasteiger partial charge in [0.1, 0.15) is 18.1 Å². The first-order chi connectivity index (χ1) is 12.1. The summed E-state index contributed by atoms with van der Waals surface area (Å²) < 4.78 is 16.0. The SMILES string of the molecule is COc1ccc(CN(CC(C)C)C[C@H](O)COCc2ccco2)cc1. The smallest absolute Gasteiger partial charge is 0.129 e. The molecule has 0 aliphatic carbocycles. The van der Waals surface area contributed by atoms with Crippen LogP contribution in [-0.2, 0) is 17.9 Å². The topological polar surface area (TPSA) is 55.1 Å². The van der Waals surface area contributed by atoms with Gasteiger partial charge >= 0.3 is 0 Å². The van der Waals surface area contributed by atoms with Crippen molar-refractivity contribution in [3.8, 4) is 5.75 Å². The van der Waals surface area contributed by atoms with Crippen molar-refractivity contribution in [2.75, 3.05) is 26.8 Å². The van der Waals surface area contributed by atoms with E-state index in [0.29, 0.717) is 19.1 Å². The molecule has 0 saturated heterocycles. The van der Waals surface area contributed by atoms with Gasteiger partial charge in [0.25, 0.3) is 0 Å². The van der Waals surface area contributed by atoms with Gasteiger partial charge in [-0.25, -0.2) is 0 Å². The largest absolute Gasteiger partial charge is 0.497 e. The Balaban J connectivity index is 1.82. The van der Waals surface area contributed by atoms with E-state index in [4.69, 9.17) is 13.9 Å². The predicted octanol–water partition coefficient (Wildman–Crippen LogP) is 3.32. The Morgan fingerprint density at radius 3 is 2.48 bits per heavy atom. The second-order valence-electron chi connectivity index (χ2n) is 6.68. The maximum Gasteiger partial charge on any atom is 0.129 e. The zero-order valence-corrected chi connectivity index (χ0v) is 15.4. The van der Waals surface area contributed by atoms with Gasteiger partial charge in [-0.2, -0.15) is 0 Å². The van der Waals surface area contributed by atoms with Crippen LogP contribution in [0.25, 0.3) is 0 Å². The second kappa shape index (κ2) is 10.2. The van der Waals surface area contributed by atoms with Gasteiger partial charge in [-0.05, 0) is 35.7 Å². The molecule has 2 rings (SSSR count). The van der Waals surface area contributed by atoms with Gasteiger partial charge in [-0.1, -0.05) is 26.0 Å². The maximum atomic E-state index is 10.3. The number of furan rings is 1. The second-order valence-corrected chi connectivity index (χ2v) is 6.68. The van der Waals surface area contributed by atoms with Crippen LogP contribution in [0.15, 0.2) is 47.1 Å². The Labute approximate surface area is 150 Å². The van der Waals surface area contributed by atoms with E-state index in [-0.39, 0.29) is 6.61 Å². The highest BCUT2D eigenvalue weighted by Crippen LogP contribution is 2.14. The number of ether oxygens (including phenoxy) is 2. The van der Waals surface area contributed by atoms with Crippen LogP contribution < -0.4 is 4.74 Å². The Morgan fingerprint density at radius 2 is 1.88 bits per heavy atom. The fourth-order valence-electron chi connectivity index (χ4n) is 2.75. The van der Waals surface area contributed by atoms with Crippen LogP contribution in [-0.4, -0.2) is 42.9 Å². The van der Waals surface area contributed by atoms with Crippen molar-refractivity contribution >= 4 is 0 Å². The van der Waals surface area contributed by atoms with Crippen molar-refractivity contribution in [2.45, 2.75) is 33.1 Å². The molecule has 138 valence electrons. The van der Waals surface area contributed by atoms with E-state index < -0.39 is 6.10 Å². The lowest BCUT2D eigenvalue weighted by Gasteiger charge is -2.26. The van der Waals surface area contributed by atoms with Crippen molar-refractivity contribution in [3.05, 3.63) is 54.0 Å². The standard InChI is InChI=1S/C20H29NO4/c1-16(2)11-21(12-17-6-8-19(23-3)9-7-17)13-18(22)14-24-15-20-5-4-10-25-20/h4-10,16,18,22H,11-15H2,1-3H3/t18-/m0/s1. The maximum absolute atomic E-state index is 10.3. The summed E-state index contributed by atoms with van der Waals surface area (Å²) in [6.45, 7) is 7.31. The van der Waals surface area contributed by atoms with Crippen molar-refractivity contribution in [2.24, 2.45) is 5.92 Å². The quantitative estimate of drug-likeness (QED) is 0.676. The summed E-state index contributed by atoms with van der Waals surface area (Å²) in [4.78, 5) is 2.26. The molecule has 0 aliphatic heterocycles. The molecule has 0 aliphatic rings. The fourth-order valence-corrected chi connectivity index (χ4v) is 2.75. The molecule has 0 amide bonds. The number of rotatable bonds is 11. The number of hydrogen-bond donors (Lipinski definition) is 1. The van der Waals surface area contributed by atoms with E-state index in [1.807, 2.05) is 24.3 Å². The lowest BCUT2D eigenvalue weighted by molar-refractivity contribution is 0.00224. The van der Waals surface area contributed by atoms with E-state index in [9.17, 15) is 5.11 Å². The molecule has 0 radical (unpaired) electrons. The van der Waals surface area contributed by atoms with Crippen molar-refractivity contribution in [1.29, 1.82) is 0 Å². The third-order valence-corrected chi connectivity index (χ3v) is 3.79. The molecule has 0 fully saturated rings. The van der Waals surface area contributed by atoms with Gasteiger partial charge in [0.15, 0.2) is 0 Å². The predicted molar refractivity (Wildman–Crippen MR) is 97.5 cm³/mol. The summed E-state index contributed by atoms with van der Waals surface area (Å²) in [6, 6.07) is 11.7. The Bertz CT molecular complexity index is 580. The zero-order chi connectivity index (χ0) is 18.1. The molecular formula is C20H29NO4. The molecular weight excluding hydrogens is 318 g/mol. The molecule has 0 spiro atoms. The molecule has 1 N–H and O–H groups in total. The fraction of sp³-hybridized carbons (Fsp3) is 0.500. The normalized spacial score (nSPS) is 12.7. The summed E-state index contributed by atoms with van der Waals surface area (Å²) in [5, 5.41) is 10.3. The van der Waals surface area contributed by atoms with E-state index in [1.54, 1.807) is 13.4 Å². The first-order valence-corrected chi connectivity index (χ1v) is 8.70. The number of nitrogens with zero attached hydrogens (tertiary/aromatic N) is 1. The summed E-state index contributed by atoms with van der Waals surface area (Å²) >= 11 is 0. The number of aliphatic hydroxyl groups excluding tert-OH is 1. The average molecular weight is 347 g/mol. The Morgan fingerprint density at radius 1 is 1.12 bits per heavy atom. The molecule has 2 aromatic rings. The summed E-state index contributed by atoms with van der Waals surface area (Å²) in [5.41, 5.74) is 1.20. The highest BCUT2D eigenvalue weighted by molar-refractivity contribution is 5.27. The molecule has 1 aromatic carbocycles. The minimum Gasteiger partial charge on any atom is -0.497 e. The van der Waals surface area contributed by atoms with Crippen molar-refractivity contribution in [1.82, 2.24) is 4.90 Å². The third kappa shape index (κ3) is 7.30. The molecule has 0 unspecified atom stereocenters. The van der Waals surface area contributed by atoms with E-state index >= 15 is 0 Å². The molecule has 1 aromatic heterocycles. The van der Waals surface area contributed by atoms with Crippen LogP contribution in [0.2, 0.25) is 0 Å². The molecule has 5 heteroatoms. The molecule has 5 nitrogen and oxygen atoms in total. The first kappa shape index (κ1) is 19.5. The van der Waals surface area contributed by atoms with Gasteiger partial charge in [-0.15, -0.1) is 0 Å². The van der Waals surface area contributed by atoms with Crippen LogP contribution in [0, 0.1) is 5.92 Å². The average Bonchev–Trinajstić information content (AvgIpc) is 3.08. The summed E-state index contributed by atoms with van der Waals surface area (Å²) in [5.74, 6) is 2.14. The van der Waals surface area contributed by atoms with Crippen LogP contribution in [0.5, 0.6) is 5.75 Å². The van der Waals surface area contributed by atoms with Crippen molar-refractivity contribution < 1.29 is 19.0 Å². The lowest BCUT2D eigenvalue weighted by atomic mass is 10.1. The molecule has 0 saturated carbocycles. The van der Waals surface area contributed by atoms with Crippen LogP contribution in [0.1, 0.15) is 25.2 Å². The molecule has 0 bridgehead atoms. The Hall–Kier alpha value is -1.82. The van der Waals surface area contributed by atoms with Gasteiger partial charge in [0.05, 0.1) is 26.1 Å². The minimum absolute atomic E-state index is 0.290. The lowest BCUT2D eigenvalue weighted by Crippen LogP contribution is -2.36. The number of hydrogen-bond acceptors (Lipinski definition) is 5. The summed E-state index contributed by atoms with van der Waals surface area (Å²) in [6.07, 6.45) is 1.08. The minimum atomic E-state index is -0.535. The van der Waals surface area contributed by atoms with Gasteiger partial charge in [-0.3, -0.25) is 4.90 Å². The molecule has 1 heterocycles. The molecule has 1 atom stereocenters. The van der Waals surface area contributed by atoms with Crippen LogP contribution in [0.3, 0.4) is 0 Å². The van der Waals surface area contributed by atoms with Gasteiger partial charge < -0.3 is 19.0 Å². The third-order valence-electron chi connectivity index (χ3n) is 3.79. The zero-order valence-electron chi connectivity index (χ0n) is 15.4. The van der Waals surface area contributed by atoms with Crippen LogP contribution >= 0.6 is 0 Å². The number of methoxy groups -OCH3 is 1. The van der Waals surface area contributed by atoms with E-state index in [0.717, 1.165) is 24.6 Å². The number of aliphatic hydroxyl groups is 1. The monoisotopic (exact) mass is 347 g/mol. The van der Waals surface area contributed by atoms with E-state index in [2.05, 4.69) is 30.9 Å². The number of benzene rings is 1. The highest BCUT2D eigenvalue weighted by atomic mass is 16.5. The first-order valence-electron chi connectivity index (χ1n) is 8.70. The highest BCUT2D eigenvalue weighted by Gasteiger charge is 2.14. The Kier molecular flexibility index (Phi) is 7.98. The van der Waals surface area contributed by atoms with Gasteiger partial charge in [0.2, 0.25) is 0 Å². The van der Waals surface area contributed by atoms with E-state index in [1.165, 1.54) is 5.56 Å². The summed E-state index contributed by atoms with van der Waals surface area (Å²) in [7, 11) is 1.67. The van der Waals surface area contributed by atoms with Gasteiger partial charge in [0, 0.05) is 19.6 Å². The molecule has 25 heavy (non-hydrogen) atoms.